The van der Waals surface area contributed by atoms with Crippen molar-refractivity contribution in [3.05, 3.63) is 35.4 Å². The Morgan fingerprint density at radius 1 is 1.11 bits per heavy atom. The fraction of sp³-hybridized carbons (Fsp3) is 0.692. The molecule has 0 aliphatic carbocycles. The first-order valence-corrected chi connectivity index (χ1v) is 14.8. The van der Waals surface area contributed by atoms with Gasteiger partial charge in [0.2, 0.25) is 10.0 Å². The molecule has 0 spiro atoms. The number of fused-ring (bicyclic) bond motifs is 2. The summed E-state index contributed by atoms with van der Waals surface area (Å²) in [5, 5.41) is 11.7. The SMILES string of the molecule is CC(C)(C)OC(=O)NCCN1CC2CN(CCN(CCCc3ccc(C#N)cc3)S(C)(=O)=O)CC(C1)O2. The first-order chi connectivity index (χ1) is 17.4. The fourth-order valence-electron chi connectivity index (χ4n) is 4.76. The number of carbonyl (C=O) groups is 1. The number of nitrogens with one attached hydrogen (secondary N) is 1. The first-order valence-electron chi connectivity index (χ1n) is 12.9. The Morgan fingerprint density at radius 2 is 1.70 bits per heavy atom. The van der Waals surface area contributed by atoms with E-state index in [0.717, 1.165) is 51.1 Å². The lowest BCUT2D eigenvalue weighted by Crippen LogP contribution is -2.60. The minimum atomic E-state index is -3.31. The molecular weight excluding hydrogens is 494 g/mol. The summed E-state index contributed by atoms with van der Waals surface area (Å²) in [6.45, 7) is 11.4. The predicted octanol–water partition coefficient (Wildman–Crippen LogP) is 1.66. The zero-order chi connectivity index (χ0) is 27.1. The summed E-state index contributed by atoms with van der Waals surface area (Å²) in [6, 6.07) is 9.53. The van der Waals surface area contributed by atoms with Gasteiger partial charge in [-0.1, -0.05) is 12.1 Å². The van der Waals surface area contributed by atoms with Gasteiger partial charge in [-0.2, -0.15) is 5.26 Å². The van der Waals surface area contributed by atoms with Crippen molar-refractivity contribution in [2.45, 2.75) is 51.4 Å². The average Bonchev–Trinajstić information content (AvgIpc) is 2.79. The maximum atomic E-state index is 12.4. The predicted molar refractivity (Wildman–Crippen MR) is 142 cm³/mol. The van der Waals surface area contributed by atoms with Gasteiger partial charge in [-0.3, -0.25) is 9.80 Å². The minimum absolute atomic E-state index is 0.0668. The second-order valence-electron chi connectivity index (χ2n) is 10.9. The zero-order valence-electron chi connectivity index (χ0n) is 22.5. The molecule has 206 valence electrons. The molecule has 1 N–H and O–H groups in total. The number of alkyl carbamates (subject to hydrolysis) is 1. The van der Waals surface area contributed by atoms with Crippen LogP contribution in [-0.2, 0) is 25.9 Å². The summed E-state index contributed by atoms with van der Waals surface area (Å²) in [7, 11) is -3.31. The summed E-state index contributed by atoms with van der Waals surface area (Å²) >= 11 is 0. The highest BCUT2D eigenvalue weighted by atomic mass is 32.2. The highest BCUT2D eigenvalue weighted by Crippen LogP contribution is 2.19. The van der Waals surface area contributed by atoms with Gasteiger partial charge in [0.25, 0.3) is 0 Å². The molecule has 2 aliphatic rings. The Morgan fingerprint density at radius 3 is 2.24 bits per heavy atom. The smallest absolute Gasteiger partial charge is 0.407 e. The van der Waals surface area contributed by atoms with Gasteiger partial charge in [-0.05, 0) is 51.3 Å². The third-order valence-corrected chi connectivity index (χ3v) is 7.72. The van der Waals surface area contributed by atoms with Crippen LogP contribution in [0.2, 0.25) is 0 Å². The van der Waals surface area contributed by atoms with E-state index in [1.165, 1.54) is 6.26 Å². The van der Waals surface area contributed by atoms with E-state index in [0.29, 0.717) is 31.7 Å². The lowest BCUT2D eigenvalue weighted by molar-refractivity contribution is -0.138. The van der Waals surface area contributed by atoms with Crippen LogP contribution in [0.25, 0.3) is 0 Å². The van der Waals surface area contributed by atoms with Crippen LogP contribution in [0, 0.1) is 11.3 Å². The Labute approximate surface area is 221 Å². The maximum Gasteiger partial charge on any atom is 0.407 e. The third-order valence-electron chi connectivity index (χ3n) is 6.42. The van der Waals surface area contributed by atoms with Crippen LogP contribution in [0.5, 0.6) is 0 Å². The number of nitriles is 1. The van der Waals surface area contributed by atoms with E-state index in [1.54, 1.807) is 16.4 Å². The molecule has 0 aromatic heterocycles. The Kier molecular flexibility index (Phi) is 10.3. The van der Waals surface area contributed by atoms with Crippen molar-refractivity contribution in [1.29, 1.82) is 5.26 Å². The molecule has 2 fully saturated rings. The molecule has 2 heterocycles. The van der Waals surface area contributed by atoms with Gasteiger partial charge in [0.1, 0.15) is 5.60 Å². The first kappa shape index (κ1) is 29.3. The van der Waals surface area contributed by atoms with Crippen molar-refractivity contribution in [2.75, 3.05) is 65.2 Å². The van der Waals surface area contributed by atoms with Gasteiger partial charge in [0.05, 0.1) is 30.1 Å². The lowest BCUT2D eigenvalue weighted by Gasteiger charge is -2.46. The molecule has 3 rings (SSSR count). The average molecular weight is 536 g/mol. The number of benzene rings is 1. The van der Waals surface area contributed by atoms with Gasteiger partial charge in [-0.15, -0.1) is 0 Å². The van der Waals surface area contributed by atoms with Crippen LogP contribution in [0.15, 0.2) is 24.3 Å². The molecule has 1 aromatic rings. The van der Waals surface area contributed by atoms with Crippen molar-refractivity contribution in [3.63, 3.8) is 0 Å². The second kappa shape index (κ2) is 13.0. The molecule has 2 saturated heterocycles. The molecule has 2 bridgehead atoms. The van der Waals surface area contributed by atoms with Crippen LogP contribution in [0.3, 0.4) is 0 Å². The zero-order valence-corrected chi connectivity index (χ0v) is 23.3. The van der Waals surface area contributed by atoms with Crippen molar-refractivity contribution < 1.29 is 22.7 Å². The molecule has 37 heavy (non-hydrogen) atoms. The van der Waals surface area contributed by atoms with Crippen LogP contribution in [0.1, 0.15) is 38.3 Å². The number of hydrogen-bond acceptors (Lipinski definition) is 8. The third kappa shape index (κ3) is 10.2. The molecule has 1 amide bonds. The van der Waals surface area contributed by atoms with E-state index < -0.39 is 21.7 Å². The number of ether oxygens (including phenoxy) is 2. The number of hydrogen-bond donors (Lipinski definition) is 1. The van der Waals surface area contributed by atoms with Crippen molar-refractivity contribution in [3.8, 4) is 6.07 Å². The fourth-order valence-corrected chi connectivity index (χ4v) is 5.63. The molecule has 10 nitrogen and oxygen atoms in total. The largest absolute Gasteiger partial charge is 0.444 e. The van der Waals surface area contributed by atoms with E-state index in [4.69, 9.17) is 14.7 Å². The molecule has 0 radical (unpaired) electrons. The van der Waals surface area contributed by atoms with Crippen molar-refractivity contribution >= 4 is 16.1 Å². The Hall–Kier alpha value is -2.23. The van der Waals surface area contributed by atoms with E-state index in [2.05, 4.69) is 21.2 Å². The number of amides is 1. The molecule has 11 heteroatoms. The highest BCUT2D eigenvalue weighted by molar-refractivity contribution is 7.88. The number of nitrogens with zero attached hydrogens (tertiary/aromatic N) is 4. The van der Waals surface area contributed by atoms with E-state index in [-0.39, 0.29) is 12.2 Å². The molecule has 2 aliphatic heterocycles. The van der Waals surface area contributed by atoms with Crippen LogP contribution in [-0.4, -0.2) is 112 Å². The molecule has 2 unspecified atom stereocenters. The summed E-state index contributed by atoms with van der Waals surface area (Å²) in [5.74, 6) is 0. The number of carbonyl (C=O) groups excluding carboxylic acids is 1. The van der Waals surface area contributed by atoms with Crippen LogP contribution >= 0.6 is 0 Å². The number of aryl methyl sites for hydroxylation is 1. The molecule has 2 atom stereocenters. The quantitative estimate of drug-likeness (QED) is 0.455. The number of morpholine rings is 2. The molecule has 0 saturated carbocycles. The second-order valence-corrected chi connectivity index (χ2v) is 12.9. The van der Waals surface area contributed by atoms with Gasteiger partial charge in [0, 0.05) is 58.9 Å². The maximum absolute atomic E-state index is 12.4. The topological polar surface area (TPSA) is 115 Å². The van der Waals surface area contributed by atoms with Crippen molar-refractivity contribution in [2.24, 2.45) is 0 Å². The van der Waals surface area contributed by atoms with E-state index in [9.17, 15) is 13.2 Å². The van der Waals surface area contributed by atoms with Crippen molar-refractivity contribution in [1.82, 2.24) is 19.4 Å². The lowest BCUT2D eigenvalue weighted by atomic mass is 10.1. The summed E-state index contributed by atoms with van der Waals surface area (Å²) in [4.78, 5) is 16.5. The standard InChI is InChI=1S/C26H41N5O5S/c1-26(2,3)36-25(32)28-11-13-29-17-23-19-30(20-24(18-29)35-23)14-15-31(37(4,33)34)12-5-6-21-7-9-22(16-27)10-8-21/h7-10,23-24H,5-6,11-15,17-20H2,1-4H3,(H,28,32). The van der Waals surface area contributed by atoms with E-state index in [1.807, 2.05) is 32.9 Å². The van der Waals surface area contributed by atoms with Gasteiger partial charge in [-0.25, -0.2) is 17.5 Å². The summed E-state index contributed by atoms with van der Waals surface area (Å²) in [6.07, 6.45) is 2.48. The normalized spacial score (nSPS) is 21.0. The van der Waals surface area contributed by atoms with Gasteiger partial charge < -0.3 is 14.8 Å². The highest BCUT2D eigenvalue weighted by Gasteiger charge is 2.35. The van der Waals surface area contributed by atoms with Crippen LogP contribution in [0.4, 0.5) is 4.79 Å². The van der Waals surface area contributed by atoms with Gasteiger partial charge in [0.15, 0.2) is 0 Å². The minimum Gasteiger partial charge on any atom is -0.444 e. The van der Waals surface area contributed by atoms with E-state index >= 15 is 0 Å². The molecule has 1 aromatic carbocycles. The number of rotatable bonds is 11. The Balaban J connectivity index is 1.40. The number of sulfonamides is 1. The summed E-state index contributed by atoms with van der Waals surface area (Å²) in [5.41, 5.74) is 1.21. The summed E-state index contributed by atoms with van der Waals surface area (Å²) < 4.78 is 37.8. The van der Waals surface area contributed by atoms with Crippen LogP contribution < -0.4 is 5.32 Å². The van der Waals surface area contributed by atoms with Gasteiger partial charge >= 0.3 is 6.09 Å². The Bertz CT molecular complexity index is 1020. The monoisotopic (exact) mass is 535 g/mol. The molecular formula is C26H41N5O5S.